The van der Waals surface area contributed by atoms with Gasteiger partial charge in [-0.1, -0.05) is 6.07 Å². The van der Waals surface area contributed by atoms with E-state index in [9.17, 15) is 26.4 Å². The summed E-state index contributed by atoms with van der Waals surface area (Å²) in [5.74, 6) is 0. The van der Waals surface area contributed by atoms with Crippen molar-refractivity contribution < 1.29 is 26.4 Å². The molecule has 35 heavy (non-hydrogen) atoms. The van der Waals surface area contributed by atoms with Crippen LogP contribution in [-0.2, 0) is 42.3 Å². The monoisotopic (exact) mass is 513 g/mol. The summed E-state index contributed by atoms with van der Waals surface area (Å²) < 4.78 is 67.5. The molecule has 2 aliphatic rings. The Kier molecular flexibility index (Phi) is 6.89. The maximum Gasteiger partial charge on any atom is 0.401 e. The molecule has 0 atom stereocenters. The largest absolute Gasteiger partial charge is 0.401 e. The van der Waals surface area contributed by atoms with Gasteiger partial charge >= 0.3 is 12.2 Å². The number of carbonyl (C=O) groups excluding carboxylic acids is 1. The average molecular weight is 514 g/mol. The van der Waals surface area contributed by atoms with Gasteiger partial charge in [0.25, 0.3) is 10.0 Å². The van der Waals surface area contributed by atoms with Crippen molar-refractivity contribution in [1.82, 2.24) is 19.4 Å². The first-order valence-corrected chi connectivity index (χ1v) is 13.2. The van der Waals surface area contributed by atoms with Crippen LogP contribution in [0.1, 0.15) is 60.7 Å². The normalized spacial score (nSPS) is 15.5. The van der Waals surface area contributed by atoms with E-state index in [0.717, 1.165) is 54.6 Å². The predicted molar refractivity (Wildman–Crippen MR) is 125 cm³/mol. The first kappa shape index (κ1) is 25.5. The maximum absolute atomic E-state index is 13.0. The molecule has 192 valence electrons. The van der Waals surface area contributed by atoms with Crippen LogP contribution in [0.5, 0.6) is 0 Å². The Morgan fingerprint density at radius 1 is 1.11 bits per heavy atom. The molecule has 1 aromatic carbocycles. The lowest BCUT2D eigenvalue weighted by Crippen LogP contribution is -2.35. The quantitative estimate of drug-likeness (QED) is 0.585. The predicted octanol–water partition coefficient (Wildman–Crippen LogP) is 3.95. The minimum absolute atomic E-state index is 0.158. The Hall–Kier alpha value is -2.60. The van der Waals surface area contributed by atoms with E-state index >= 15 is 0 Å². The molecule has 0 bridgehead atoms. The number of hydrogen-bond donors (Lipinski definition) is 2. The first-order chi connectivity index (χ1) is 16.3. The fourth-order valence-electron chi connectivity index (χ4n) is 5.02. The van der Waals surface area contributed by atoms with Crippen LogP contribution in [0.4, 0.5) is 23.7 Å². The number of aryl methyl sites for hydroxylation is 2. The van der Waals surface area contributed by atoms with Gasteiger partial charge in [0.2, 0.25) is 0 Å². The van der Waals surface area contributed by atoms with Crippen LogP contribution < -0.4 is 10.0 Å². The number of alkyl halides is 3. The molecule has 8 nitrogen and oxygen atoms in total. The van der Waals surface area contributed by atoms with Crippen LogP contribution in [0.25, 0.3) is 0 Å². The first-order valence-electron chi connectivity index (χ1n) is 11.7. The molecule has 2 aliphatic carbocycles. The molecular formula is C23H30F3N5O3S. The SMILES string of the molecule is CC(C)n1nc(S(=O)(=O)NC(=O)Nc2c3c(cc4c2CCC4)CCC3)cc1CN(C)CC(F)(F)F. The summed E-state index contributed by atoms with van der Waals surface area (Å²) >= 11 is 0. The summed E-state index contributed by atoms with van der Waals surface area (Å²) in [6.45, 7) is 2.18. The van der Waals surface area contributed by atoms with Crippen LogP contribution in [-0.4, -0.2) is 48.9 Å². The van der Waals surface area contributed by atoms with E-state index in [1.54, 1.807) is 13.8 Å². The topological polar surface area (TPSA) is 96.3 Å². The van der Waals surface area contributed by atoms with E-state index in [-0.39, 0.29) is 12.6 Å². The van der Waals surface area contributed by atoms with Gasteiger partial charge in [0.1, 0.15) is 0 Å². The van der Waals surface area contributed by atoms with Gasteiger partial charge < -0.3 is 5.32 Å². The van der Waals surface area contributed by atoms with E-state index in [2.05, 4.69) is 16.5 Å². The highest BCUT2D eigenvalue weighted by Crippen LogP contribution is 2.38. The molecule has 4 rings (SSSR count). The Labute approximate surface area is 202 Å². The molecule has 2 amide bonds. The summed E-state index contributed by atoms with van der Waals surface area (Å²) in [7, 11) is -3.06. The second-order valence-electron chi connectivity index (χ2n) is 9.59. The van der Waals surface area contributed by atoms with Crippen molar-refractivity contribution in [3.63, 3.8) is 0 Å². The molecule has 2 aromatic rings. The molecule has 0 radical (unpaired) electrons. The Balaban J connectivity index is 1.54. The third-order valence-corrected chi connectivity index (χ3v) is 7.58. The van der Waals surface area contributed by atoms with Gasteiger partial charge in [0.05, 0.1) is 12.2 Å². The zero-order chi connectivity index (χ0) is 25.5. The highest BCUT2D eigenvalue weighted by molar-refractivity contribution is 7.90. The number of nitrogens with zero attached hydrogens (tertiary/aromatic N) is 3. The lowest BCUT2D eigenvalue weighted by molar-refractivity contribution is -0.144. The minimum Gasteiger partial charge on any atom is -0.307 e. The van der Waals surface area contributed by atoms with Gasteiger partial charge in [-0.15, -0.1) is 0 Å². The average Bonchev–Trinajstić information content (AvgIpc) is 3.44. The second-order valence-corrected chi connectivity index (χ2v) is 11.2. The van der Waals surface area contributed by atoms with E-state index in [0.29, 0.717) is 11.4 Å². The van der Waals surface area contributed by atoms with Crippen molar-refractivity contribution >= 4 is 21.7 Å². The molecular weight excluding hydrogens is 483 g/mol. The number of amides is 2. The third-order valence-electron chi connectivity index (χ3n) is 6.37. The number of rotatable bonds is 7. The van der Waals surface area contributed by atoms with Crippen LogP contribution in [0, 0.1) is 0 Å². The standard InChI is InChI=1S/C23H30F3N5O3S/c1-14(2)31-17(12-30(3)13-23(24,25)26)11-20(28-31)35(33,34)29-22(32)27-21-18-8-4-6-15(18)10-16-7-5-9-19(16)21/h10-11,14H,4-9,12-13H2,1-3H3,(H2,27,29,32). The van der Waals surface area contributed by atoms with Gasteiger partial charge in [-0.25, -0.2) is 9.52 Å². The molecule has 0 fully saturated rings. The summed E-state index contributed by atoms with van der Waals surface area (Å²) in [4.78, 5) is 13.8. The van der Waals surface area contributed by atoms with Gasteiger partial charge in [0.15, 0.2) is 5.03 Å². The highest BCUT2D eigenvalue weighted by atomic mass is 32.2. The zero-order valence-corrected chi connectivity index (χ0v) is 20.8. The Morgan fingerprint density at radius 3 is 2.26 bits per heavy atom. The molecule has 0 aliphatic heterocycles. The van der Waals surface area contributed by atoms with Crippen molar-refractivity contribution in [2.45, 2.75) is 76.2 Å². The van der Waals surface area contributed by atoms with Crippen LogP contribution in [0.2, 0.25) is 0 Å². The smallest absolute Gasteiger partial charge is 0.307 e. The van der Waals surface area contributed by atoms with Crippen LogP contribution in [0.3, 0.4) is 0 Å². The van der Waals surface area contributed by atoms with Crippen molar-refractivity contribution in [3.8, 4) is 0 Å². The number of sulfonamides is 1. The Bertz CT molecular complexity index is 1210. The number of fused-ring (bicyclic) bond motifs is 2. The molecule has 1 aromatic heterocycles. The van der Waals surface area contributed by atoms with Crippen LogP contribution in [0.15, 0.2) is 17.2 Å². The molecule has 0 saturated heterocycles. The molecule has 0 unspecified atom stereocenters. The summed E-state index contributed by atoms with van der Waals surface area (Å²) in [6, 6.07) is 2.24. The van der Waals surface area contributed by atoms with Crippen molar-refractivity contribution in [1.29, 1.82) is 0 Å². The van der Waals surface area contributed by atoms with Gasteiger partial charge in [0, 0.05) is 24.3 Å². The lowest BCUT2D eigenvalue weighted by atomic mass is 9.99. The van der Waals surface area contributed by atoms with Gasteiger partial charge in [-0.3, -0.25) is 9.58 Å². The van der Waals surface area contributed by atoms with E-state index in [1.807, 2.05) is 4.72 Å². The van der Waals surface area contributed by atoms with E-state index in [4.69, 9.17) is 0 Å². The van der Waals surface area contributed by atoms with Gasteiger partial charge in [-0.2, -0.15) is 26.7 Å². The van der Waals surface area contributed by atoms with Gasteiger partial charge in [-0.05, 0) is 81.7 Å². The lowest BCUT2D eigenvalue weighted by Gasteiger charge is -2.19. The zero-order valence-electron chi connectivity index (χ0n) is 20.0. The second kappa shape index (κ2) is 9.45. The number of aromatic nitrogens is 2. The minimum atomic E-state index is -4.39. The Morgan fingerprint density at radius 2 is 1.71 bits per heavy atom. The number of benzene rings is 1. The summed E-state index contributed by atoms with van der Waals surface area (Å²) in [5, 5.41) is 6.44. The number of hydrogen-bond acceptors (Lipinski definition) is 5. The van der Waals surface area contributed by atoms with Crippen molar-refractivity contribution in [2.75, 3.05) is 18.9 Å². The number of halogens is 3. The van der Waals surface area contributed by atoms with Crippen LogP contribution >= 0.6 is 0 Å². The number of anilines is 1. The maximum atomic E-state index is 13.0. The molecule has 1 heterocycles. The molecule has 0 saturated carbocycles. The number of urea groups is 1. The fourth-order valence-corrected chi connectivity index (χ4v) is 5.91. The van der Waals surface area contributed by atoms with Crippen molar-refractivity contribution in [2.24, 2.45) is 0 Å². The summed E-state index contributed by atoms with van der Waals surface area (Å²) in [6.07, 6.45) is 1.14. The number of nitrogens with one attached hydrogen (secondary N) is 2. The van der Waals surface area contributed by atoms with E-state index < -0.39 is 33.8 Å². The third kappa shape index (κ3) is 5.64. The fraction of sp³-hybridized carbons (Fsp3) is 0.565. The van der Waals surface area contributed by atoms with E-state index in [1.165, 1.54) is 28.9 Å². The van der Waals surface area contributed by atoms with Crippen molar-refractivity contribution in [3.05, 3.63) is 40.1 Å². The molecule has 12 heteroatoms. The highest BCUT2D eigenvalue weighted by Gasteiger charge is 2.31. The summed E-state index contributed by atoms with van der Waals surface area (Å²) in [5.41, 5.74) is 5.54. The number of carbonyl (C=O) groups is 1. The molecule has 2 N–H and O–H groups in total. The molecule has 0 spiro atoms.